The molecule has 0 spiro atoms. The lowest BCUT2D eigenvalue weighted by atomic mass is 10.2. The summed E-state index contributed by atoms with van der Waals surface area (Å²) in [5, 5.41) is 0.456. The molecule has 2 aromatic rings. The Hall–Kier alpha value is -1.27. The third-order valence-corrected chi connectivity index (χ3v) is 4.76. The average molecular weight is 331 g/mol. The number of halogens is 2. The monoisotopic (exact) mass is 330 g/mol. The first-order valence-electron chi connectivity index (χ1n) is 5.70. The molecule has 0 atom stereocenters. The number of nitrogens with two attached hydrogens (primary N) is 1. The summed E-state index contributed by atoms with van der Waals surface area (Å²) < 4.78 is 27.2. The van der Waals surface area contributed by atoms with Crippen molar-refractivity contribution >= 4 is 38.9 Å². The van der Waals surface area contributed by atoms with E-state index in [1.54, 1.807) is 36.4 Å². The van der Waals surface area contributed by atoms with E-state index in [-0.39, 0.29) is 27.2 Å². The van der Waals surface area contributed by atoms with E-state index in [2.05, 4.69) is 4.72 Å². The fraction of sp³-hybridized carbons (Fsp3) is 0.0769. The van der Waals surface area contributed by atoms with Crippen LogP contribution >= 0.6 is 23.2 Å². The van der Waals surface area contributed by atoms with Gasteiger partial charge in [-0.3, -0.25) is 4.72 Å². The largest absolute Gasteiger partial charge is 0.326 e. The van der Waals surface area contributed by atoms with E-state index in [9.17, 15) is 8.42 Å². The summed E-state index contributed by atoms with van der Waals surface area (Å²) in [5.41, 5.74) is 6.23. The van der Waals surface area contributed by atoms with E-state index in [4.69, 9.17) is 28.9 Å². The molecule has 0 amide bonds. The molecule has 0 aliphatic heterocycles. The quantitative estimate of drug-likeness (QED) is 0.903. The van der Waals surface area contributed by atoms with Gasteiger partial charge in [0.15, 0.2) is 0 Å². The summed E-state index contributed by atoms with van der Waals surface area (Å²) in [5.74, 6) is 0. The summed E-state index contributed by atoms with van der Waals surface area (Å²) in [7, 11) is -3.80. The lowest BCUT2D eigenvalue weighted by molar-refractivity contribution is 0.600. The molecule has 3 N–H and O–H groups in total. The van der Waals surface area contributed by atoms with Gasteiger partial charge >= 0.3 is 0 Å². The average Bonchev–Trinajstić information content (AvgIpc) is 2.43. The van der Waals surface area contributed by atoms with Crippen molar-refractivity contribution in [2.45, 2.75) is 11.4 Å². The molecule has 7 heteroatoms. The topological polar surface area (TPSA) is 72.2 Å². The third kappa shape index (κ3) is 3.07. The maximum atomic E-state index is 12.4. The van der Waals surface area contributed by atoms with Crippen molar-refractivity contribution in [3.05, 3.63) is 58.1 Å². The number of benzene rings is 2. The molecule has 0 fully saturated rings. The first-order chi connectivity index (χ1) is 9.45. The Kier molecular flexibility index (Phi) is 4.55. The normalized spacial score (nSPS) is 11.3. The van der Waals surface area contributed by atoms with Crippen molar-refractivity contribution in [3.63, 3.8) is 0 Å². The zero-order valence-corrected chi connectivity index (χ0v) is 12.6. The van der Waals surface area contributed by atoms with Crippen molar-refractivity contribution in [2.24, 2.45) is 5.73 Å². The standard InChI is InChI=1S/C13H12Cl2N2O2S/c14-10-5-3-6-11(15)13(10)17-20(18,19)12-7-2-1-4-9(12)8-16/h1-7,17H,8,16H2. The van der Waals surface area contributed by atoms with Crippen LogP contribution in [0, 0.1) is 0 Å². The molecule has 0 bridgehead atoms. The Morgan fingerprint density at radius 3 is 2.20 bits per heavy atom. The van der Waals surface area contributed by atoms with Crippen molar-refractivity contribution in [1.29, 1.82) is 0 Å². The maximum absolute atomic E-state index is 12.4. The van der Waals surface area contributed by atoms with Crippen LogP contribution < -0.4 is 10.5 Å². The molecule has 0 radical (unpaired) electrons. The zero-order valence-electron chi connectivity index (χ0n) is 10.3. The molecule has 0 unspecified atom stereocenters. The smallest absolute Gasteiger partial charge is 0.262 e. The van der Waals surface area contributed by atoms with Gasteiger partial charge < -0.3 is 5.73 Å². The van der Waals surface area contributed by atoms with Gasteiger partial charge in [-0.25, -0.2) is 8.42 Å². The van der Waals surface area contributed by atoms with Gasteiger partial charge in [-0.15, -0.1) is 0 Å². The van der Waals surface area contributed by atoms with Gasteiger partial charge in [0.25, 0.3) is 10.0 Å². The second kappa shape index (κ2) is 6.01. The lowest BCUT2D eigenvalue weighted by Gasteiger charge is -2.13. The van der Waals surface area contributed by atoms with Gasteiger partial charge in [0.05, 0.1) is 20.6 Å². The highest BCUT2D eigenvalue weighted by Gasteiger charge is 2.20. The minimum Gasteiger partial charge on any atom is -0.326 e. The van der Waals surface area contributed by atoms with E-state index < -0.39 is 10.0 Å². The summed E-state index contributed by atoms with van der Waals surface area (Å²) in [6, 6.07) is 11.2. The highest BCUT2D eigenvalue weighted by Crippen LogP contribution is 2.32. The first-order valence-corrected chi connectivity index (χ1v) is 7.94. The molecule has 0 saturated heterocycles. The molecule has 0 heterocycles. The molecule has 4 nitrogen and oxygen atoms in total. The molecule has 2 aromatic carbocycles. The van der Waals surface area contributed by atoms with Crippen molar-refractivity contribution in [1.82, 2.24) is 0 Å². The molecule has 20 heavy (non-hydrogen) atoms. The summed E-state index contributed by atoms with van der Waals surface area (Å²) >= 11 is 11.9. The fourth-order valence-electron chi connectivity index (χ4n) is 1.72. The molecule has 0 aromatic heterocycles. The van der Waals surface area contributed by atoms with Gasteiger partial charge in [-0.2, -0.15) is 0 Å². The van der Waals surface area contributed by atoms with Crippen LogP contribution in [-0.2, 0) is 16.6 Å². The second-order valence-electron chi connectivity index (χ2n) is 4.01. The maximum Gasteiger partial charge on any atom is 0.262 e. The van der Waals surface area contributed by atoms with Crippen LogP contribution in [0.15, 0.2) is 47.4 Å². The van der Waals surface area contributed by atoms with Crippen LogP contribution in [0.4, 0.5) is 5.69 Å². The minimum atomic E-state index is -3.80. The van der Waals surface area contributed by atoms with E-state index in [0.29, 0.717) is 5.56 Å². The van der Waals surface area contributed by atoms with Crippen LogP contribution in [0.3, 0.4) is 0 Å². The first kappa shape index (κ1) is 15.1. The number of hydrogen-bond donors (Lipinski definition) is 2. The van der Waals surface area contributed by atoms with Crippen LogP contribution in [0.5, 0.6) is 0 Å². The van der Waals surface area contributed by atoms with E-state index in [1.165, 1.54) is 6.07 Å². The zero-order chi connectivity index (χ0) is 14.8. The molecule has 2 rings (SSSR count). The fourth-order valence-corrected chi connectivity index (χ4v) is 3.68. The Morgan fingerprint density at radius 1 is 1.00 bits per heavy atom. The predicted octanol–water partition coefficient (Wildman–Crippen LogP) is 3.25. The van der Waals surface area contributed by atoms with Crippen LogP contribution in [0.1, 0.15) is 5.56 Å². The SMILES string of the molecule is NCc1ccccc1S(=O)(=O)Nc1c(Cl)cccc1Cl. The molecular weight excluding hydrogens is 319 g/mol. The van der Waals surface area contributed by atoms with Gasteiger partial charge in [-0.1, -0.05) is 47.5 Å². The van der Waals surface area contributed by atoms with Crippen LogP contribution in [-0.4, -0.2) is 8.42 Å². The lowest BCUT2D eigenvalue weighted by Crippen LogP contribution is -2.16. The Bertz CT molecular complexity index is 713. The second-order valence-corrected chi connectivity index (χ2v) is 6.48. The summed E-state index contributed by atoms with van der Waals surface area (Å²) in [4.78, 5) is 0.110. The van der Waals surface area contributed by atoms with E-state index in [1.807, 2.05) is 0 Å². The van der Waals surface area contributed by atoms with Crippen molar-refractivity contribution in [2.75, 3.05) is 4.72 Å². The number of rotatable bonds is 4. The Balaban J connectivity index is 2.47. The van der Waals surface area contributed by atoms with Gasteiger partial charge in [0.1, 0.15) is 0 Å². The molecular formula is C13H12Cl2N2O2S. The summed E-state index contributed by atoms with van der Waals surface area (Å²) in [6.07, 6.45) is 0. The molecule has 0 aliphatic carbocycles. The number of anilines is 1. The third-order valence-electron chi connectivity index (χ3n) is 2.68. The molecule has 0 aliphatic rings. The summed E-state index contributed by atoms with van der Waals surface area (Å²) in [6.45, 7) is 0.118. The number of nitrogens with one attached hydrogen (secondary N) is 1. The molecule has 106 valence electrons. The highest BCUT2D eigenvalue weighted by atomic mass is 35.5. The van der Waals surface area contributed by atoms with Gasteiger partial charge in [0.2, 0.25) is 0 Å². The van der Waals surface area contributed by atoms with Gasteiger partial charge in [0, 0.05) is 6.54 Å². The van der Waals surface area contributed by atoms with E-state index in [0.717, 1.165) is 0 Å². The predicted molar refractivity (Wildman–Crippen MR) is 81.6 cm³/mol. The number of hydrogen-bond acceptors (Lipinski definition) is 3. The van der Waals surface area contributed by atoms with E-state index >= 15 is 0 Å². The minimum absolute atomic E-state index is 0.110. The van der Waals surface area contributed by atoms with Gasteiger partial charge in [-0.05, 0) is 23.8 Å². The van der Waals surface area contributed by atoms with Crippen molar-refractivity contribution in [3.8, 4) is 0 Å². The van der Waals surface area contributed by atoms with Crippen molar-refractivity contribution < 1.29 is 8.42 Å². The Morgan fingerprint density at radius 2 is 1.60 bits per heavy atom. The highest BCUT2D eigenvalue weighted by molar-refractivity contribution is 7.92. The Labute approximate surface area is 127 Å². The van der Waals surface area contributed by atoms with Crippen LogP contribution in [0.2, 0.25) is 10.0 Å². The number of para-hydroxylation sites is 1. The van der Waals surface area contributed by atoms with Crippen LogP contribution in [0.25, 0.3) is 0 Å². The molecule has 0 saturated carbocycles. The number of sulfonamides is 1.